The Morgan fingerprint density at radius 3 is 1.11 bits per heavy atom. The van der Waals surface area contributed by atoms with E-state index in [-0.39, 0.29) is 5.78 Å². The molecular weight excluding hydrogens is 1550 g/mol. The maximum absolute atomic E-state index is 11.4. The van der Waals surface area contributed by atoms with Crippen LogP contribution in [0.5, 0.6) is 51.7 Å². The van der Waals surface area contributed by atoms with E-state index in [0.717, 1.165) is 189 Å². The summed E-state index contributed by atoms with van der Waals surface area (Å²) in [6.07, 6.45) is 17.5. The van der Waals surface area contributed by atoms with Crippen molar-refractivity contribution < 1.29 is 33.2 Å². The van der Waals surface area contributed by atoms with Crippen LogP contribution in [0.2, 0.25) is 5.02 Å². The van der Waals surface area contributed by atoms with Crippen molar-refractivity contribution in [2.75, 3.05) is 75.1 Å². The Labute approximate surface area is 725 Å². The first-order chi connectivity index (χ1) is 59.3. The number of carbonyl (C=O) groups is 1. The first-order valence-electron chi connectivity index (χ1n) is 43.5. The van der Waals surface area contributed by atoms with Crippen LogP contribution in [0, 0.1) is 6.92 Å². The number of aryl methyl sites for hydroxylation is 1. The lowest BCUT2D eigenvalue weighted by Gasteiger charge is -2.15. The Balaban J connectivity index is 0.000000149. The summed E-state index contributed by atoms with van der Waals surface area (Å²) < 4.78 is 35.4. The highest BCUT2D eigenvalue weighted by Crippen LogP contribution is 2.36. The number of hydrogen-bond donors (Lipinski definition) is 5. The van der Waals surface area contributed by atoms with Gasteiger partial charge in [0.2, 0.25) is 0 Å². The average Bonchev–Trinajstić information content (AvgIpc) is 1.68. The molecule has 1 aliphatic carbocycles. The molecule has 0 spiro atoms. The number of nitrogens with zero attached hydrogens (tertiary/aromatic N) is 10. The van der Waals surface area contributed by atoms with Crippen LogP contribution in [0.4, 0.5) is 0 Å². The second-order valence-corrected chi connectivity index (χ2v) is 32.6. The van der Waals surface area contributed by atoms with E-state index in [1.165, 1.54) is 107 Å². The molecule has 0 amide bonds. The van der Waals surface area contributed by atoms with E-state index < -0.39 is 0 Å². The van der Waals surface area contributed by atoms with Gasteiger partial charge in [-0.15, -0.1) is 0 Å². The molecule has 22 nitrogen and oxygen atoms in total. The average molecular weight is 1670 g/mol. The van der Waals surface area contributed by atoms with E-state index >= 15 is 0 Å². The Kier molecular flexibility index (Phi) is 35.6. The molecule has 122 heavy (non-hydrogen) atoms. The molecule has 5 N–H and O–H groups in total. The van der Waals surface area contributed by atoms with Gasteiger partial charge in [0, 0.05) is 70.2 Å². The van der Waals surface area contributed by atoms with E-state index in [4.69, 9.17) is 40.0 Å². The van der Waals surface area contributed by atoms with Crippen molar-refractivity contribution in [1.82, 2.24) is 75.5 Å². The van der Waals surface area contributed by atoms with Crippen LogP contribution >= 0.6 is 11.6 Å². The van der Waals surface area contributed by atoms with E-state index in [9.17, 15) is 4.79 Å². The van der Waals surface area contributed by atoms with Gasteiger partial charge in [-0.1, -0.05) is 133 Å². The van der Waals surface area contributed by atoms with Crippen LogP contribution in [0.15, 0.2) is 188 Å². The number of unbranched alkanes of at least 4 members (excludes halogenated alkanes) is 5. The fourth-order valence-electron chi connectivity index (χ4n) is 14.6. The fraction of sp³-hybridized carbons (Fsp3) is 0.394. The number of carbonyl (C=O) groups excluding carboxylic acids is 1. The second kappa shape index (κ2) is 47.3. The Morgan fingerprint density at radius 2 is 0.738 bits per heavy atom. The standard InChI is InChI=1S/C22H27N3O2.C20H25N3O2.C20H25N3O.C19H22ClN3O.C18H27N3O/c1-4-5-12-25(3)14-22-20-13-19(10-11-21(20)23-24-22)27-15-17-6-8-18(9-7-17)16(2)26;1-4-5-12-23(2)14-18-16-13-15(10-11-17(16)21-22-18)25-20-9-7-6-8-19(20)24-3;1-4-5-11-23(3)14-20-18-13-17(9-10-19(18)21-22-20)24-16-8-6-7-15(2)12-16;1-3-4-10-23(2)13-19-17-12-16(8-9-18(17)21-22-19)24-15-7-5-6-14(20)11-15;1-3-4-11-21(2)13-18-16-12-15(9-10-17(16)19-20-18)22-14-7-5-6-8-14/h6-11,13H,4-5,12,14-15H2,1-3H3,(H,23,24);6-11,13H,4-5,12,14H2,1-3H3,(H,21,22);6-10,12-13H,4-5,11,14H2,1-3H3,(H,21,22);5-9,11-12H,3-4,10,13H2,1-2H3,(H,21,22);9-10,12,14H,3-8,11,13H2,1-2H3,(H,19,20). The number of aromatic nitrogens is 10. The summed E-state index contributed by atoms with van der Waals surface area (Å²) in [7, 11) is 12.4. The van der Waals surface area contributed by atoms with Gasteiger partial charge in [0.05, 0.1) is 69.3 Å². The van der Waals surface area contributed by atoms with Crippen LogP contribution in [0.3, 0.4) is 0 Å². The molecule has 0 unspecified atom stereocenters. The van der Waals surface area contributed by atoms with Gasteiger partial charge in [-0.2, -0.15) is 25.5 Å². The van der Waals surface area contributed by atoms with Crippen molar-refractivity contribution in [3.63, 3.8) is 0 Å². The normalized spacial score (nSPS) is 12.1. The molecule has 23 heteroatoms. The molecule has 0 radical (unpaired) electrons. The lowest BCUT2D eigenvalue weighted by molar-refractivity contribution is 0.101. The summed E-state index contributed by atoms with van der Waals surface area (Å²) in [5.74, 6) is 7.28. The van der Waals surface area contributed by atoms with E-state index in [2.05, 4.69) is 177 Å². The predicted octanol–water partition coefficient (Wildman–Crippen LogP) is 23.4. The van der Waals surface area contributed by atoms with E-state index in [1.807, 2.05) is 158 Å². The van der Waals surface area contributed by atoms with Gasteiger partial charge in [0.15, 0.2) is 17.3 Å². The monoisotopic (exact) mass is 1670 g/mol. The number of rotatable bonds is 38. The number of methoxy groups -OCH3 is 1. The largest absolute Gasteiger partial charge is 0.493 e. The number of fused-ring (bicyclic) bond motifs is 5. The van der Waals surface area contributed by atoms with Crippen LogP contribution in [-0.2, 0) is 39.3 Å². The molecule has 5 heterocycles. The minimum Gasteiger partial charge on any atom is -0.493 e. The molecular formula is C99H126ClN15O7. The second-order valence-electron chi connectivity index (χ2n) is 32.2. The van der Waals surface area contributed by atoms with Gasteiger partial charge in [-0.3, -0.25) is 30.3 Å². The molecule has 0 atom stereocenters. The number of aromatic amines is 5. The van der Waals surface area contributed by atoms with Crippen molar-refractivity contribution in [3.05, 3.63) is 238 Å². The lowest BCUT2D eigenvalue weighted by Crippen LogP contribution is -2.19. The Hall–Kier alpha value is -11.1. The zero-order chi connectivity index (χ0) is 86.1. The summed E-state index contributed by atoms with van der Waals surface area (Å²) in [4.78, 5) is 23.0. The summed E-state index contributed by atoms with van der Waals surface area (Å²) in [5.41, 5.74) is 13.5. The lowest BCUT2D eigenvalue weighted by atomic mass is 10.1. The predicted molar refractivity (Wildman–Crippen MR) is 496 cm³/mol. The first-order valence-corrected chi connectivity index (χ1v) is 43.9. The molecule has 1 saturated carbocycles. The number of ketones is 1. The maximum atomic E-state index is 11.4. The number of benzene rings is 9. The van der Waals surface area contributed by atoms with Crippen molar-refractivity contribution >= 4 is 71.9 Å². The quantitative estimate of drug-likeness (QED) is 0.0226. The summed E-state index contributed by atoms with van der Waals surface area (Å²) in [6.45, 7) is 24.9. The minimum absolute atomic E-state index is 0.0734. The topological polar surface area (TPSA) is 232 Å². The fourth-order valence-corrected chi connectivity index (χ4v) is 14.7. The van der Waals surface area contributed by atoms with Gasteiger partial charge in [0.1, 0.15) is 46.9 Å². The minimum atomic E-state index is 0.0734. The third-order valence-electron chi connectivity index (χ3n) is 21.6. The van der Waals surface area contributed by atoms with Crippen LogP contribution in [-0.4, -0.2) is 162 Å². The zero-order valence-corrected chi connectivity index (χ0v) is 74.6. The number of para-hydroxylation sites is 2. The molecule has 0 bridgehead atoms. The molecule has 0 aliphatic heterocycles. The molecule has 5 aromatic heterocycles. The number of H-pyrrole nitrogens is 5. The van der Waals surface area contributed by atoms with Crippen LogP contribution in [0.25, 0.3) is 54.5 Å². The zero-order valence-electron chi connectivity index (χ0n) is 73.9. The van der Waals surface area contributed by atoms with Crippen LogP contribution < -0.4 is 28.4 Å². The van der Waals surface area contributed by atoms with Gasteiger partial charge in [0.25, 0.3) is 0 Å². The highest BCUT2D eigenvalue weighted by molar-refractivity contribution is 6.30. The summed E-state index contributed by atoms with van der Waals surface area (Å²) >= 11 is 6.01. The van der Waals surface area contributed by atoms with Gasteiger partial charge in [-0.05, 0) is 284 Å². The molecule has 646 valence electrons. The highest BCUT2D eigenvalue weighted by Gasteiger charge is 2.20. The van der Waals surface area contributed by atoms with Gasteiger partial charge in [-0.25, -0.2) is 0 Å². The molecule has 1 aliphatic rings. The molecule has 0 saturated heterocycles. The van der Waals surface area contributed by atoms with Crippen molar-refractivity contribution in [3.8, 4) is 51.7 Å². The molecule has 9 aromatic carbocycles. The highest BCUT2D eigenvalue weighted by atomic mass is 35.5. The van der Waals surface area contributed by atoms with Gasteiger partial charge >= 0.3 is 0 Å². The molecule has 1 fully saturated rings. The van der Waals surface area contributed by atoms with Crippen LogP contribution in [0.1, 0.15) is 181 Å². The summed E-state index contributed by atoms with van der Waals surface area (Å²) in [5, 5.41) is 44.1. The first kappa shape index (κ1) is 91.6. The third-order valence-corrected chi connectivity index (χ3v) is 21.8. The molecule has 14 aromatic rings. The SMILES string of the molecule is CCCCN(C)Cc1[nH]nc2ccc(OC3CCCC3)cc12.CCCCN(C)Cc1[nH]nc2ccc(OCc3ccc(C(C)=O)cc3)cc12.CCCCN(C)Cc1[nH]nc2ccc(Oc3cccc(C)c3)cc12.CCCCN(C)Cc1[nH]nc2ccc(Oc3cccc(Cl)c3)cc12.CCCCN(C)Cc1[nH]nc2ccc(Oc3ccccc3OC)cc12. The van der Waals surface area contributed by atoms with Crippen molar-refractivity contribution in [1.29, 1.82) is 0 Å². The maximum Gasteiger partial charge on any atom is 0.169 e. The van der Waals surface area contributed by atoms with E-state index in [1.54, 1.807) is 20.1 Å². The summed E-state index contributed by atoms with van der Waals surface area (Å²) in [6, 6.07) is 60.8. The number of halogens is 1. The Bertz CT molecular complexity index is 5380. The number of ether oxygens (including phenoxy) is 6. The van der Waals surface area contributed by atoms with Gasteiger partial charge < -0.3 is 52.9 Å². The smallest absolute Gasteiger partial charge is 0.169 e. The van der Waals surface area contributed by atoms with Crippen molar-refractivity contribution in [2.24, 2.45) is 0 Å². The molecule has 15 rings (SSSR count). The number of nitrogens with one attached hydrogen (secondary N) is 5. The van der Waals surface area contributed by atoms with E-state index in [0.29, 0.717) is 29.2 Å². The third kappa shape index (κ3) is 27.7. The Morgan fingerprint density at radius 1 is 0.393 bits per heavy atom. The number of Topliss-reactive ketones (excluding diaryl/α,β-unsaturated/α-hetero) is 1. The van der Waals surface area contributed by atoms with Crippen molar-refractivity contribution in [2.45, 2.75) is 184 Å². The number of hydrogen-bond acceptors (Lipinski definition) is 17.